The van der Waals surface area contributed by atoms with Crippen LogP contribution in [-0.4, -0.2) is 47.0 Å². The Balaban J connectivity index is 1.54. The van der Waals surface area contributed by atoms with Crippen molar-refractivity contribution in [2.45, 2.75) is 45.3 Å². The van der Waals surface area contributed by atoms with Crippen LogP contribution in [0.5, 0.6) is 0 Å². The highest BCUT2D eigenvalue weighted by atomic mass is 16.6. The fourth-order valence-electron chi connectivity index (χ4n) is 3.86. The summed E-state index contributed by atoms with van der Waals surface area (Å²) in [7, 11) is 0. The number of nitrogens with zero attached hydrogens (tertiary/aromatic N) is 2. The fourth-order valence-corrected chi connectivity index (χ4v) is 3.86. The van der Waals surface area contributed by atoms with Gasteiger partial charge < -0.3 is 9.64 Å². The van der Waals surface area contributed by atoms with E-state index in [1.165, 1.54) is 10.8 Å². The van der Waals surface area contributed by atoms with Crippen molar-refractivity contribution in [1.29, 1.82) is 0 Å². The molecule has 2 aromatic carbocycles. The molecule has 2 amide bonds. The van der Waals surface area contributed by atoms with Gasteiger partial charge in [0.1, 0.15) is 13.2 Å². The van der Waals surface area contributed by atoms with E-state index in [0.29, 0.717) is 13.2 Å². The third-order valence-corrected chi connectivity index (χ3v) is 5.62. The van der Waals surface area contributed by atoms with E-state index in [1.807, 2.05) is 23.1 Å². The normalized spacial score (nSPS) is 19.6. The minimum atomic E-state index is -0.372. The second-order valence-corrected chi connectivity index (χ2v) is 7.91. The number of hydrogen-bond donors (Lipinski definition) is 0. The molecule has 0 bridgehead atoms. The topological polar surface area (TPSA) is 49.9 Å². The molecular formula is C22H26N2O3. The van der Waals surface area contributed by atoms with Gasteiger partial charge in [-0.2, -0.15) is 0 Å². The first-order valence-electron chi connectivity index (χ1n) is 9.74. The van der Waals surface area contributed by atoms with Crippen molar-refractivity contribution in [3.63, 3.8) is 0 Å². The molecule has 1 aliphatic carbocycles. The van der Waals surface area contributed by atoms with Gasteiger partial charge in [0.05, 0.1) is 6.04 Å². The van der Waals surface area contributed by atoms with E-state index >= 15 is 0 Å². The van der Waals surface area contributed by atoms with Crippen LogP contribution in [0.1, 0.15) is 32.3 Å². The zero-order valence-corrected chi connectivity index (χ0v) is 15.9. The molecule has 5 nitrogen and oxygen atoms in total. The monoisotopic (exact) mass is 366 g/mol. The average molecular weight is 366 g/mol. The van der Waals surface area contributed by atoms with Crippen LogP contribution in [-0.2, 0) is 16.1 Å². The molecule has 2 aromatic rings. The summed E-state index contributed by atoms with van der Waals surface area (Å²) in [6.45, 7) is 5.16. The average Bonchev–Trinajstić information content (AvgIpc) is 3.43. The van der Waals surface area contributed by atoms with E-state index in [4.69, 9.17) is 4.74 Å². The molecule has 5 heteroatoms. The van der Waals surface area contributed by atoms with Crippen LogP contribution in [0.2, 0.25) is 0 Å². The zero-order chi connectivity index (χ0) is 19.0. The molecule has 0 N–H and O–H groups in total. The lowest BCUT2D eigenvalue weighted by Gasteiger charge is -2.28. The van der Waals surface area contributed by atoms with Gasteiger partial charge in [0.15, 0.2) is 0 Å². The summed E-state index contributed by atoms with van der Waals surface area (Å²) in [6.07, 6.45) is 1.70. The Morgan fingerprint density at radius 2 is 1.93 bits per heavy atom. The molecule has 2 fully saturated rings. The van der Waals surface area contributed by atoms with Gasteiger partial charge in [-0.1, -0.05) is 56.3 Å². The third kappa shape index (κ3) is 3.64. The number of fused-ring (bicyclic) bond motifs is 1. The Morgan fingerprint density at radius 3 is 2.67 bits per heavy atom. The first-order chi connectivity index (χ1) is 13.0. The lowest BCUT2D eigenvalue weighted by Crippen LogP contribution is -2.46. The summed E-state index contributed by atoms with van der Waals surface area (Å²) in [4.78, 5) is 28.8. The Morgan fingerprint density at radius 1 is 1.19 bits per heavy atom. The van der Waals surface area contributed by atoms with Gasteiger partial charge in [-0.15, -0.1) is 0 Å². The van der Waals surface area contributed by atoms with E-state index in [2.05, 4.69) is 38.1 Å². The maximum absolute atomic E-state index is 13.1. The summed E-state index contributed by atoms with van der Waals surface area (Å²) in [5.74, 6) is 0.270. The van der Waals surface area contributed by atoms with E-state index < -0.39 is 0 Å². The van der Waals surface area contributed by atoms with Gasteiger partial charge in [-0.05, 0) is 35.1 Å². The standard InChI is InChI=1S/C22H26N2O3/c1-15(2)20-14-27-22(26)24(20)13-21(25)23(18-10-11-18)12-17-8-5-7-16-6-3-4-9-19(16)17/h3-9,15,18,20H,10-14H2,1-2H3/t20-/m1/s1. The lowest BCUT2D eigenvalue weighted by atomic mass is 10.0. The van der Waals surface area contributed by atoms with Gasteiger partial charge in [0.2, 0.25) is 5.91 Å². The van der Waals surface area contributed by atoms with Crippen molar-refractivity contribution < 1.29 is 14.3 Å². The lowest BCUT2D eigenvalue weighted by molar-refractivity contribution is -0.133. The summed E-state index contributed by atoms with van der Waals surface area (Å²) in [5.41, 5.74) is 1.15. The molecule has 142 valence electrons. The molecule has 0 spiro atoms. The number of carbonyl (C=O) groups excluding carboxylic acids is 2. The first-order valence-corrected chi connectivity index (χ1v) is 9.74. The summed E-state index contributed by atoms with van der Waals surface area (Å²) >= 11 is 0. The smallest absolute Gasteiger partial charge is 0.410 e. The first kappa shape index (κ1) is 17.8. The SMILES string of the molecule is CC(C)[C@H]1COC(=O)N1CC(=O)N(Cc1cccc2ccccc12)C1CC1. The minimum Gasteiger partial charge on any atom is -0.447 e. The number of rotatable bonds is 6. The second kappa shape index (κ2) is 7.22. The van der Waals surface area contributed by atoms with E-state index in [9.17, 15) is 9.59 Å². The summed E-state index contributed by atoms with van der Waals surface area (Å²) in [5, 5.41) is 2.36. The van der Waals surface area contributed by atoms with Crippen molar-refractivity contribution in [2.24, 2.45) is 5.92 Å². The van der Waals surface area contributed by atoms with Crippen LogP contribution < -0.4 is 0 Å². The molecule has 4 rings (SSSR count). The quantitative estimate of drug-likeness (QED) is 0.781. The van der Waals surface area contributed by atoms with Crippen molar-refractivity contribution in [3.8, 4) is 0 Å². The van der Waals surface area contributed by atoms with Gasteiger partial charge in [0, 0.05) is 12.6 Å². The van der Waals surface area contributed by atoms with E-state index in [1.54, 1.807) is 4.90 Å². The maximum atomic E-state index is 13.1. The number of benzene rings is 2. The van der Waals surface area contributed by atoms with E-state index in [0.717, 1.165) is 18.4 Å². The van der Waals surface area contributed by atoms with Crippen LogP contribution in [0.3, 0.4) is 0 Å². The number of hydrogen-bond acceptors (Lipinski definition) is 3. The Labute approximate surface area is 159 Å². The van der Waals surface area contributed by atoms with E-state index in [-0.39, 0.29) is 36.5 Å². The second-order valence-electron chi connectivity index (χ2n) is 7.91. The van der Waals surface area contributed by atoms with Gasteiger partial charge >= 0.3 is 6.09 Å². The Hall–Kier alpha value is -2.56. The van der Waals surface area contributed by atoms with Crippen LogP contribution in [0.15, 0.2) is 42.5 Å². The van der Waals surface area contributed by atoms with Crippen molar-refractivity contribution in [1.82, 2.24) is 9.80 Å². The number of ether oxygens (including phenoxy) is 1. The Kier molecular flexibility index (Phi) is 4.77. The minimum absolute atomic E-state index is 0.00920. The van der Waals surface area contributed by atoms with Gasteiger partial charge in [-0.3, -0.25) is 9.69 Å². The van der Waals surface area contributed by atoms with Crippen molar-refractivity contribution in [3.05, 3.63) is 48.0 Å². The van der Waals surface area contributed by atoms with Crippen LogP contribution >= 0.6 is 0 Å². The molecule has 1 heterocycles. The Bertz CT molecular complexity index is 854. The molecule has 0 radical (unpaired) electrons. The summed E-state index contributed by atoms with van der Waals surface area (Å²) < 4.78 is 5.19. The number of amides is 2. The fraction of sp³-hybridized carbons (Fsp3) is 0.455. The molecule has 1 aliphatic heterocycles. The molecule has 27 heavy (non-hydrogen) atoms. The molecule has 0 unspecified atom stereocenters. The van der Waals surface area contributed by atoms with Gasteiger partial charge in [0.25, 0.3) is 0 Å². The highest BCUT2D eigenvalue weighted by Gasteiger charge is 2.39. The number of cyclic esters (lactones) is 1. The molecule has 1 saturated carbocycles. The highest BCUT2D eigenvalue weighted by Crippen LogP contribution is 2.31. The molecular weight excluding hydrogens is 340 g/mol. The number of carbonyl (C=O) groups is 2. The molecule has 1 atom stereocenters. The predicted molar refractivity (Wildman–Crippen MR) is 104 cm³/mol. The largest absolute Gasteiger partial charge is 0.447 e. The molecule has 1 saturated heterocycles. The van der Waals surface area contributed by atoms with Crippen molar-refractivity contribution >= 4 is 22.8 Å². The van der Waals surface area contributed by atoms with Crippen LogP contribution in [0.4, 0.5) is 4.79 Å². The van der Waals surface area contributed by atoms with Crippen LogP contribution in [0.25, 0.3) is 10.8 Å². The maximum Gasteiger partial charge on any atom is 0.410 e. The zero-order valence-electron chi connectivity index (χ0n) is 15.9. The highest BCUT2D eigenvalue weighted by molar-refractivity contribution is 5.87. The predicted octanol–water partition coefficient (Wildman–Crippen LogP) is 3.81. The van der Waals surface area contributed by atoms with Crippen LogP contribution in [0, 0.1) is 5.92 Å². The van der Waals surface area contributed by atoms with Crippen molar-refractivity contribution in [2.75, 3.05) is 13.2 Å². The molecule has 0 aromatic heterocycles. The summed E-state index contributed by atoms with van der Waals surface area (Å²) in [6, 6.07) is 14.7. The molecule has 2 aliphatic rings. The third-order valence-electron chi connectivity index (χ3n) is 5.62. The van der Waals surface area contributed by atoms with Gasteiger partial charge in [-0.25, -0.2) is 4.79 Å².